The maximum absolute atomic E-state index is 12.3. The first-order valence-corrected chi connectivity index (χ1v) is 5.14. The number of nitrogens with zero attached hydrogens (tertiary/aromatic N) is 3. The number of hydrogen-bond donors (Lipinski definition) is 1. The van der Waals surface area contributed by atoms with Crippen LogP contribution in [-0.4, -0.2) is 54.5 Å². The van der Waals surface area contributed by atoms with Crippen molar-refractivity contribution in [2.75, 3.05) is 31.7 Å². The van der Waals surface area contributed by atoms with Crippen molar-refractivity contribution in [2.24, 2.45) is 0 Å². The van der Waals surface area contributed by atoms with E-state index in [1.54, 1.807) is 0 Å². The number of hydrogen-bond acceptors (Lipinski definition) is 6. The molecule has 0 fully saturated rings. The van der Waals surface area contributed by atoms with Crippen LogP contribution in [0.4, 0.5) is 14.6 Å². The van der Waals surface area contributed by atoms with E-state index in [1.165, 1.54) is 24.1 Å². The fraction of sp³-hybridized carbons (Fsp3) is 0.500. The van der Waals surface area contributed by atoms with Crippen molar-refractivity contribution in [1.82, 2.24) is 10.2 Å². The molecule has 1 heterocycles. The number of aliphatic hydroxyl groups is 1. The van der Waals surface area contributed by atoms with Gasteiger partial charge in [0.2, 0.25) is 0 Å². The Labute approximate surface area is 102 Å². The minimum Gasteiger partial charge on any atom is -0.464 e. The highest BCUT2D eigenvalue weighted by Crippen LogP contribution is 2.11. The highest BCUT2D eigenvalue weighted by molar-refractivity contribution is 5.86. The Morgan fingerprint density at radius 2 is 2.22 bits per heavy atom. The van der Waals surface area contributed by atoms with Crippen molar-refractivity contribution in [3.63, 3.8) is 0 Å². The van der Waals surface area contributed by atoms with Crippen LogP contribution in [0.15, 0.2) is 12.1 Å². The number of aromatic nitrogens is 2. The standard InChI is InChI=1S/C10H13F2N3O3/c1-18-10(17)7-2-3-9(14-13-7)15(4-5-16)6-8(11)12/h2-3,8,16H,4-6H2,1H3. The van der Waals surface area contributed by atoms with Crippen molar-refractivity contribution >= 4 is 11.8 Å². The van der Waals surface area contributed by atoms with Crippen LogP contribution in [0.2, 0.25) is 0 Å². The second kappa shape index (κ2) is 6.80. The van der Waals surface area contributed by atoms with Gasteiger partial charge in [-0.3, -0.25) is 0 Å². The van der Waals surface area contributed by atoms with E-state index in [-0.39, 0.29) is 24.7 Å². The number of aliphatic hydroxyl groups excluding tert-OH is 1. The van der Waals surface area contributed by atoms with Gasteiger partial charge in [0.25, 0.3) is 6.43 Å². The monoisotopic (exact) mass is 261 g/mol. The highest BCUT2D eigenvalue weighted by Gasteiger charge is 2.15. The van der Waals surface area contributed by atoms with Crippen LogP contribution >= 0.6 is 0 Å². The lowest BCUT2D eigenvalue weighted by molar-refractivity contribution is 0.0592. The Morgan fingerprint density at radius 1 is 1.50 bits per heavy atom. The average Bonchev–Trinajstić information content (AvgIpc) is 2.37. The number of carbonyl (C=O) groups is 1. The van der Waals surface area contributed by atoms with E-state index in [4.69, 9.17) is 5.11 Å². The zero-order valence-electron chi connectivity index (χ0n) is 9.71. The van der Waals surface area contributed by atoms with E-state index in [9.17, 15) is 13.6 Å². The molecule has 0 saturated carbocycles. The van der Waals surface area contributed by atoms with E-state index in [0.717, 1.165) is 0 Å². The Morgan fingerprint density at radius 3 is 2.67 bits per heavy atom. The van der Waals surface area contributed by atoms with Gasteiger partial charge in [-0.05, 0) is 12.1 Å². The number of ether oxygens (including phenoxy) is 1. The molecule has 1 aromatic rings. The van der Waals surface area contributed by atoms with E-state index in [1.807, 2.05) is 0 Å². The molecule has 0 radical (unpaired) electrons. The van der Waals surface area contributed by atoms with Crippen LogP contribution in [0, 0.1) is 0 Å². The van der Waals surface area contributed by atoms with Gasteiger partial charge in [0.15, 0.2) is 11.5 Å². The van der Waals surface area contributed by atoms with Crippen molar-refractivity contribution in [3.8, 4) is 0 Å². The summed E-state index contributed by atoms with van der Waals surface area (Å²) in [5.74, 6) is -0.492. The number of rotatable bonds is 6. The summed E-state index contributed by atoms with van der Waals surface area (Å²) in [6.07, 6.45) is -2.56. The molecular formula is C10H13F2N3O3. The van der Waals surface area contributed by atoms with Gasteiger partial charge in [0, 0.05) is 6.54 Å². The molecule has 18 heavy (non-hydrogen) atoms. The molecule has 1 N–H and O–H groups in total. The summed E-state index contributed by atoms with van der Waals surface area (Å²) in [7, 11) is 1.20. The Hall–Kier alpha value is -1.83. The summed E-state index contributed by atoms with van der Waals surface area (Å²) in [4.78, 5) is 12.3. The summed E-state index contributed by atoms with van der Waals surface area (Å²) >= 11 is 0. The van der Waals surface area contributed by atoms with Gasteiger partial charge in [-0.2, -0.15) is 0 Å². The second-order valence-corrected chi connectivity index (χ2v) is 3.33. The molecule has 0 saturated heterocycles. The number of carbonyl (C=O) groups excluding carboxylic acids is 1. The van der Waals surface area contributed by atoms with E-state index >= 15 is 0 Å². The van der Waals surface area contributed by atoms with Crippen LogP contribution in [0.25, 0.3) is 0 Å². The van der Waals surface area contributed by atoms with Crippen LogP contribution < -0.4 is 4.90 Å². The molecule has 0 unspecified atom stereocenters. The normalized spacial score (nSPS) is 10.5. The summed E-state index contributed by atoms with van der Waals surface area (Å²) in [5, 5.41) is 16.0. The van der Waals surface area contributed by atoms with Crippen LogP contribution in [0.5, 0.6) is 0 Å². The van der Waals surface area contributed by atoms with Crippen molar-refractivity contribution in [3.05, 3.63) is 17.8 Å². The zero-order valence-corrected chi connectivity index (χ0v) is 9.71. The minimum absolute atomic E-state index is 0.0105. The van der Waals surface area contributed by atoms with E-state index < -0.39 is 18.9 Å². The maximum Gasteiger partial charge on any atom is 0.358 e. The van der Waals surface area contributed by atoms with Gasteiger partial charge >= 0.3 is 5.97 Å². The molecule has 0 aliphatic carbocycles. The predicted octanol–water partition coefficient (Wildman–Crippen LogP) is 0.327. The average molecular weight is 261 g/mol. The first-order chi connectivity index (χ1) is 8.58. The van der Waals surface area contributed by atoms with Crippen molar-refractivity contribution in [2.45, 2.75) is 6.43 Å². The van der Waals surface area contributed by atoms with Crippen LogP contribution in [-0.2, 0) is 4.74 Å². The van der Waals surface area contributed by atoms with E-state index in [0.29, 0.717) is 0 Å². The second-order valence-electron chi connectivity index (χ2n) is 3.33. The highest BCUT2D eigenvalue weighted by atomic mass is 19.3. The minimum atomic E-state index is -2.56. The van der Waals surface area contributed by atoms with Crippen molar-refractivity contribution < 1.29 is 23.4 Å². The maximum atomic E-state index is 12.3. The first kappa shape index (κ1) is 14.2. The zero-order chi connectivity index (χ0) is 13.5. The van der Waals surface area contributed by atoms with Gasteiger partial charge < -0.3 is 14.7 Å². The Bertz CT molecular complexity index is 386. The summed E-state index contributed by atoms with van der Waals surface area (Å²) in [6, 6.07) is 2.70. The van der Waals surface area contributed by atoms with Crippen LogP contribution in [0.1, 0.15) is 10.5 Å². The summed E-state index contributed by atoms with van der Waals surface area (Å²) < 4.78 is 29.1. The molecule has 6 nitrogen and oxygen atoms in total. The molecule has 0 aliphatic heterocycles. The topological polar surface area (TPSA) is 75.5 Å². The Kier molecular flexibility index (Phi) is 5.37. The molecule has 0 aliphatic rings. The van der Waals surface area contributed by atoms with E-state index in [2.05, 4.69) is 14.9 Å². The first-order valence-electron chi connectivity index (χ1n) is 5.14. The quantitative estimate of drug-likeness (QED) is 0.744. The molecule has 0 bridgehead atoms. The number of halogens is 2. The molecule has 0 aromatic carbocycles. The van der Waals surface area contributed by atoms with Crippen molar-refractivity contribution in [1.29, 1.82) is 0 Å². The number of alkyl halides is 2. The lowest BCUT2D eigenvalue weighted by Crippen LogP contribution is -2.32. The predicted molar refractivity (Wildman–Crippen MR) is 58.7 cm³/mol. The number of anilines is 1. The van der Waals surface area contributed by atoms with Crippen LogP contribution in [0.3, 0.4) is 0 Å². The SMILES string of the molecule is COC(=O)c1ccc(N(CCO)CC(F)F)nn1. The molecule has 100 valence electrons. The van der Waals surface area contributed by atoms with Gasteiger partial charge in [-0.25, -0.2) is 13.6 Å². The van der Waals surface area contributed by atoms with Gasteiger partial charge in [-0.15, -0.1) is 10.2 Å². The number of esters is 1. The lowest BCUT2D eigenvalue weighted by atomic mass is 10.3. The smallest absolute Gasteiger partial charge is 0.358 e. The molecule has 1 rings (SSSR count). The van der Waals surface area contributed by atoms with Gasteiger partial charge in [0.1, 0.15) is 0 Å². The lowest BCUT2D eigenvalue weighted by Gasteiger charge is -2.21. The summed E-state index contributed by atoms with van der Waals surface area (Å²) in [5.41, 5.74) is -0.0118. The molecular weight excluding hydrogens is 248 g/mol. The molecule has 1 aromatic heterocycles. The third-order valence-corrected chi connectivity index (χ3v) is 2.10. The fourth-order valence-electron chi connectivity index (χ4n) is 1.29. The molecule has 0 atom stereocenters. The third-order valence-electron chi connectivity index (χ3n) is 2.10. The largest absolute Gasteiger partial charge is 0.464 e. The molecule has 8 heteroatoms. The fourth-order valence-corrected chi connectivity index (χ4v) is 1.29. The third kappa shape index (κ3) is 3.88. The summed E-state index contributed by atoms with van der Waals surface area (Å²) in [6.45, 7) is -0.837. The molecule has 0 amide bonds. The van der Waals surface area contributed by atoms with Gasteiger partial charge in [0.05, 0.1) is 20.3 Å². The van der Waals surface area contributed by atoms with Gasteiger partial charge in [-0.1, -0.05) is 0 Å². The molecule has 0 spiro atoms. The Balaban J connectivity index is 2.82. The number of methoxy groups -OCH3 is 1.